The molecule has 34 heavy (non-hydrogen) atoms. The minimum atomic E-state index is -0.206. The summed E-state index contributed by atoms with van der Waals surface area (Å²) in [4.78, 5) is 32.3. The molecule has 0 atom stereocenters. The third-order valence-electron chi connectivity index (χ3n) is 6.21. The number of carbonyl (C=O) groups excluding carboxylic acids is 1. The predicted octanol–water partition coefficient (Wildman–Crippen LogP) is 3.60. The molecule has 0 spiro atoms. The monoisotopic (exact) mass is 488 g/mol. The third-order valence-corrected chi connectivity index (χ3v) is 7.23. The number of nitrogens with one attached hydrogen (secondary N) is 1. The van der Waals surface area contributed by atoms with Crippen molar-refractivity contribution in [3.63, 3.8) is 0 Å². The maximum Gasteiger partial charge on any atom is 0.348 e. The predicted molar refractivity (Wildman–Crippen MR) is 136 cm³/mol. The Morgan fingerprint density at radius 2 is 1.88 bits per heavy atom. The van der Waals surface area contributed by atoms with Gasteiger partial charge in [-0.1, -0.05) is 25.6 Å². The number of ether oxygens (including phenoxy) is 2. The number of hydrogen-bond acceptors (Lipinski definition) is 7. The largest absolute Gasteiger partial charge is 0.493 e. The molecule has 186 valence electrons. The second kappa shape index (κ2) is 12.8. The van der Waals surface area contributed by atoms with Crippen LogP contribution in [0.4, 0.5) is 5.69 Å². The van der Waals surface area contributed by atoms with Crippen LogP contribution in [0, 0.1) is 0 Å². The van der Waals surface area contributed by atoms with Crippen molar-refractivity contribution < 1.29 is 14.3 Å². The van der Waals surface area contributed by atoms with Crippen LogP contribution in [0.15, 0.2) is 28.0 Å². The Morgan fingerprint density at radius 3 is 2.59 bits per heavy atom. The van der Waals surface area contributed by atoms with E-state index >= 15 is 0 Å². The second-order valence-electron chi connectivity index (χ2n) is 8.27. The number of methoxy groups -OCH3 is 2. The van der Waals surface area contributed by atoms with Crippen molar-refractivity contribution in [1.29, 1.82) is 0 Å². The van der Waals surface area contributed by atoms with Crippen LogP contribution < -0.4 is 20.5 Å². The molecule has 0 radical (unpaired) electrons. The molecule has 1 heterocycles. The SMILES string of the molecule is CCN(CC)CCCn1c2c(c(SCC(=O)Nc3ccc(OC)c(OC)c3)nc1=O)CCCC2. The first kappa shape index (κ1) is 26.1. The fourth-order valence-electron chi connectivity index (χ4n) is 4.34. The van der Waals surface area contributed by atoms with E-state index in [-0.39, 0.29) is 17.3 Å². The Labute approximate surface area is 206 Å². The van der Waals surface area contributed by atoms with Gasteiger partial charge in [0.1, 0.15) is 5.03 Å². The summed E-state index contributed by atoms with van der Waals surface area (Å²) < 4.78 is 12.4. The highest BCUT2D eigenvalue weighted by Crippen LogP contribution is 2.31. The van der Waals surface area contributed by atoms with E-state index in [0.717, 1.165) is 63.0 Å². The average Bonchev–Trinajstić information content (AvgIpc) is 2.86. The van der Waals surface area contributed by atoms with Crippen LogP contribution in [-0.4, -0.2) is 60.0 Å². The van der Waals surface area contributed by atoms with Crippen LogP contribution in [-0.2, 0) is 24.2 Å². The quantitative estimate of drug-likeness (QED) is 0.361. The zero-order chi connectivity index (χ0) is 24.5. The van der Waals surface area contributed by atoms with Gasteiger partial charge in [0.05, 0.1) is 20.0 Å². The molecule has 1 aromatic heterocycles. The van der Waals surface area contributed by atoms with E-state index in [2.05, 4.69) is 29.0 Å². The van der Waals surface area contributed by atoms with Gasteiger partial charge in [-0.25, -0.2) is 4.79 Å². The summed E-state index contributed by atoms with van der Waals surface area (Å²) in [7, 11) is 3.12. The summed E-state index contributed by atoms with van der Waals surface area (Å²) in [6.07, 6.45) is 4.88. The molecule has 1 amide bonds. The highest BCUT2D eigenvalue weighted by Gasteiger charge is 2.21. The summed E-state index contributed by atoms with van der Waals surface area (Å²) in [6, 6.07) is 5.24. The van der Waals surface area contributed by atoms with Gasteiger partial charge in [-0.15, -0.1) is 0 Å². The van der Waals surface area contributed by atoms with Gasteiger partial charge in [0.2, 0.25) is 5.91 Å². The first-order valence-electron chi connectivity index (χ1n) is 12.0. The molecule has 3 rings (SSSR count). The van der Waals surface area contributed by atoms with E-state index in [1.165, 1.54) is 11.8 Å². The molecule has 1 aliphatic carbocycles. The number of amides is 1. The summed E-state index contributed by atoms with van der Waals surface area (Å²) >= 11 is 1.34. The second-order valence-corrected chi connectivity index (χ2v) is 9.23. The van der Waals surface area contributed by atoms with Gasteiger partial charge < -0.3 is 19.7 Å². The number of benzene rings is 1. The summed E-state index contributed by atoms with van der Waals surface area (Å²) in [5.41, 5.74) is 2.66. The molecule has 1 N–H and O–H groups in total. The number of rotatable bonds is 12. The van der Waals surface area contributed by atoms with E-state index in [1.54, 1.807) is 32.4 Å². The molecule has 0 bridgehead atoms. The number of fused-ring (bicyclic) bond motifs is 1. The van der Waals surface area contributed by atoms with Crippen LogP contribution in [0.3, 0.4) is 0 Å². The number of nitrogens with zero attached hydrogens (tertiary/aromatic N) is 3. The molecular weight excluding hydrogens is 452 g/mol. The molecule has 0 saturated carbocycles. The van der Waals surface area contributed by atoms with Gasteiger partial charge in [0.15, 0.2) is 11.5 Å². The average molecular weight is 489 g/mol. The number of anilines is 1. The van der Waals surface area contributed by atoms with Gasteiger partial charge in [-0.3, -0.25) is 9.36 Å². The lowest BCUT2D eigenvalue weighted by molar-refractivity contribution is -0.113. The van der Waals surface area contributed by atoms with Crippen LogP contribution in [0.5, 0.6) is 11.5 Å². The maximum atomic E-state index is 12.9. The smallest absolute Gasteiger partial charge is 0.348 e. The molecule has 0 unspecified atom stereocenters. The first-order valence-corrected chi connectivity index (χ1v) is 13.0. The van der Waals surface area contributed by atoms with Crippen LogP contribution in [0.25, 0.3) is 0 Å². The van der Waals surface area contributed by atoms with Gasteiger partial charge in [-0.05, 0) is 63.9 Å². The summed E-state index contributed by atoms with van der Waals surface area (Å²) in [5.74, 6) is 1.17. The van der Waals surface area contributed by atoms with Gasteiger partial charge in [0, 0.05) is 29.6 Å². The lowest BCUT2D eigenvalue weighted by Crippen LogP contribution is -2.32. The van der Waals surface area contributed by atoms with Crippen LogP contribution in [0.1, 0.15) is 44.4 Å². The molecule has 0 aliphatic heterocycles. The van der Waals surface area contributed by atoms with Gasteiger partial charge in [0.25, 0.3) is 0 Å². The van der Waals surface area contributed by atoms with Crippen molar-refractivity contribution in [3.05, 3.63) is 39.9 Å². The lowest BCUT2D eigenvalue weighted by atomic mass is 9.97. The van der Waals surface area contributed by atoms with Crippen molar-refractivity contribution in [2.75, 3.05) is 44.9 Å². The Kier molecular flexibility index (Phi) is 9.83. The van der Waals surface area contributed by atoms with Gasteiger partial charge >= 0.3 is 5.69 Å². The van der Waals surface area contributed by atoms with Crippen molar-refractivity contribution in [2.24, 2.45) is 0 Å². The zero-order valence-electron chi connectivity index (χ0n) is 20.7. The van der Waals surface area contributed by atoms with Crippen LogP contribution in [0.2, 0.25) is 0 Å². The van der Waals surface area contributed by atoms with Crippen molar-refractivity contribution in [3.8, 4) is 11.5 Å². The van der Waals surface area contributed by atoms with E-state index in [0.29, 0.717) is 28.8 Å². The minimum absolute atomic E-state index is 0.160. The van der Waals surface area contributed by atoms with E-state index in [1.807, 2.05) is 4.57 Å². The first-order chi connectivity index (χ1) is 16.5. The normalized spacial score (nSPS) is 13.0. The summed E-state index contributed by atoms with van der Waals surface area (Å²) in [6.45, 7) is 8.01. The Bertz CT molecular complexity index is 1040. The number of thioether (sulfide) groups is 1. The van der Waals surface area contributed by atoms with E-state index < -0.39 is 0 Å². The fraction of sp³-hybridized carbons (Fsp3) is 0.560. The lowest BCUT2D eigenvalue weighted by Gasteiger charge is -2.23. The molecule has 9 heteroatoms. The number of aromatic nitrogens is 2. The Balaban J connectivity index is 1.68. The van der Waals surface area contributed by atoms with E-state index in [4.69, 9.17) is 9.47 Å². The van der Waals surface area contributed by atoms with E-state index in [9.17, 15) is 9.59 Å². The Morgan fingerprint density at radius 1 is 1.15 bits per heavy atom. The molecule has 1 aromatic carbocycles. The molecular formula is C25H36N4O4S. The topological polar surface area (TPSA) is 85.7 Å². The van der Waals surface area contributed by atoms with Gasteiger partial charge in [-0.2, -0.15) is 4.98 Å². The van der Waals surface area contributed by atoms with Crippen LogP contribution >= 0.6 is 11.8 Å². The molecule has 2 aromatic rings. The third kappa shape index (κ3) is 6.54. The number of hydrogen-bond donors (Lipinski definition) is 1. The van der Waals surface area contributed by atoms with Crippen molar-refractivity contribution >= 4 is 23.4 Å². The maximum absolute atomic E-state index is 12.9. The minimum Gasteiger partial charge on any atom is -0.493 e. The molecule has 8 nitrogen and oxygen atoms in total. The van der Waals surface area contributed by atoms with Crippen molar-refractivity contribution in [2.45, 2.75) is 57.5 Å². The Hall–Kier alpha value is -2.52. The fourth-order valence-corrected chi connectivity index (χ4v) is 5.21. The zero-order valence-corrected chi connectivity index (χ0v) is 21.5. The highest BCUT2D eigenvalue weighted by molar-refractivity contribution is 8.00. The molecule has 0 saturated heterocycles. The number of carbonyl (C=O) groups is 1. The highest BCUT2D eigenvalue weighted by atomic mass is 32.2. The van der Waals surface area contributed by atoms with Crippen molar-refractivity contribution in [1.82, 2.24) is 14.5 Å². The summed E-state index contributed by atoms with van der Waals surface area (Å²) in [5, 5.41) is 3.58. The molecule has 0 fully saturated rings. The molecule has 1 aliphatic rings. The standard InChI is InChI=1S/C25H36N4O4S/c1-5-28(6-2)14-9-15-29-20-11-8-7-10-19(20)24(27-25(29)31)34-17-23(30)26-18-12-13-21(32-3)22(16-18)33-4/h12-13,16H,5-11,14-15,17H2,1-4H3,(H,26,30).